The smallest absolute Gasteiger partial charge is 0.409 e. The molecule has 0 unspecified atom stereocenters. The van der Waals surface area contributed by atoms with Crippen LogP contribution in [0.4, 0.5) is 14.9 Å². The highest BCUT2D eigenvalue weighted by Crippen LogP contribution is 2.19. The van der Waals surface area contributed by atoms with Crippen molar-refractivity contribution in [3.05, 3.63) is 65.5 Å². The summed E-state index contributed by atoms with van der Waals surface area (Å²) < 4.78 is 18.0. The molecular formula is C22H24FN3O4. The van der Waals surface area contributed by atoms with Crippen molar-refractivity contribution >= 4 is 23.6 Å². The Morgan fingerprint density at radius 3 is 2.27 bits per heavy atom. The van der Waals surface area contributed by atoms with Gasteiger partial charge in [-0.15, -0.1) is 0 Å². The maximum Gasteiger partial charge on any atom is 0.409 e. The molecule has 158 valence electrons. The minimum atomic E-state index is -0.377. The molecular weight excluding hydrogens is 389 g/mol. The molecule has 8 heteroatoms. The summed E-state index contributed by atoms with van der Waals surface area (Å²) in [5.74, 6) is -0.872. The molecule has 0 bridgehead atoms. The van der Waals surface area contributed by atoms with E-state index >= 15 is 0 Å². The average molecular weight is 413 g/mol. The molecule has 0 saturated carbocycles. The molecule has 0 spiro atoms. The van der Waals surface area contributed by atoms with Crippen LogP contribution in [0.2, 0.25) is 0 Å². The number of hydrogen-bond acceptors (Lipinski definition) is 4. The minimum Gasteiger partial charge on any atom is -0.450 e. The Balaban J connectivity index is 1.63. The van der Waals surface area contributed by atoms with Gasteiger partial charge in [-0.25, -0.2) is 9.18 Å². The normalized spacial score (nSPS) is 13.7. The Morgan fingerprint density at radius 1 is 0.967 bits per heavy atom. The van der Waals surface area contributed by atoms with E-state index in [2.05, 4.69) is 5.32 Å². The fourth-order valence-corrected chi connectivity index (χ4v) is 3.24. The fourth-order valence-electron chi connectivity index (χ4n) is 3.24. The van der Waals surface area contributed by atoms with Crippen LogP contribution in [0.1, 0.15) is 22.8 Å². The molecule has 0 radical (unpaired) electrons. The predicted octanol–water partition coefficient (Wildman–Crippen LogP) is 2.92. The topological polar surface area (TPSA) is 79.0 Å². The zero-order chi connectivity index (χ0) is 21.5. The minimum absolute atomic E-state index is 0.0705. The van der Waals surface area contributed by atoms with E-state index in [9.17, 15) is 18.8 Å². The second-order valence-corrected chi connectivity index (χ2v) is 6.88. The molecule has 1 fully saturated rings. The SMILES string of the molecule is CCOC(=O)N1CCN(C(=O)c2ccccc2NC(=O)Cc2ccc(F)cc2)CC1. The van der Waals surface area contributed by atoms with Gasteiger partial charge < -0.3 is 19.9 Å². The maximum absolute atomic E-state index is 13.0. The van der Waals surface area contributed by atoms with Crippen LogP contribution in [-0.4, -0.2) is 60.5 Å². The van der Waals surface area contributed by atoms with E-state index in [0.717, 1.165) is 0 Å². The fraction of sp³-hybridized carbons (Fsp3) is 0.318. The first kappa shape index (κ1) is 21.3. The van der Waals surface area contributed by atoms with Crippen LogP contribution in [0.15, 0.2) is 48.5 Å². The average Bonchev–Trinajstić information content (AvgIpc) is 2.75. The van der Waals surface area contributed by atoms with Gasteiger partial charge in [-0.1, -0.05) is 24.3 Å². The lowest BCUT2D eigenvalue weighted by Crippen LogP contribution is -2.50. The Bertz CT molecular complexity index is 909. The Hall–Kier alpha value is -3.42. The summed E-state index contributed by atoms with van der Waals surface area (Å²) >= 11 is 0. The van der Waals surface area contributed by atoms with Gasteiger partial charge in [0.05, 0.1) is 24.3 Å². The van der Waals surface area contributed by atoms with Crippen molar-refractivity contribution in [2.45, 2.75) is 13.3 Å². The zero-order valence-electron chi connectivity index (χ0n) is 16.8. The summed E-state index contributed by atoms with van der Waals surface area (Å²) in [4.78, 5) is 40.5. The highest BCUT2D eigenvalue weighted by molar-refractivity contribution is 6.04. The standard InChI is InChI=1S/C22H24FN3O4/c1-2-30-22(29)26-13-11-25(12-14-26)21(28)18-5-3-4-6-19(18)24-20(27)15-16-7-9-17(23)10-8-16/h3-10H,2,11-15H2,1H3,(H,24,27). The van der Waals surface area contributed by atoms with Crippen molar-refractivity contribution in [1.29, 1.82) is 0 Å². The van der Waals surface area contributed by atoms with E-state index in [-0.39, 0.29) is 30.1 Å². The largest absolute Gasteiger partial charge is 0.450 e. The first-order valence-electron chi connectivity index (χ1n) is 9.82. The van der Waals surface area contributed by atoms with Crippen molar-refractivity contribution in [3.8, 4) is 0 Å². The molecule has 7 nitrogen and oxygen atoms in total. The van der Waals surface area contributed by atoms with Gasteiger partial charge in [0.15, 0.2) is 0 Å². The first-order chi connectivity index (χ1) is 14.5. The van der Waals surface area contributed by atoms with Crippen molar-refractivity contribution < 1.29 is 23.5 Å². The van der Waals surface area contributed by atoms with Crippen molar-refractivity contribution in [2.24, 2.45) is 0 Å². The summed E-state index contributed by atoms with van der Waals surface area (Å²) in [6.45, 7) is 3.61. The highest BCUT2D eigenvalue weighted by atomic mass is 19.1. The molecule has 3 amide bonds. The number of piperazine rings is 1. The van der Waals surface area contributed by atoms with Crippen LogP contribution in [-0.2, 0) is 16.0 Å². The number of hydrogen-bond donors (Lipinski definition) is 1. The second kappa shape index (κ2) is 9.87. The Morgan fingerprint density at radius 2 is 1.60 bits per heavy atom. The number of ether oxygens (including phenoxy) is 1. The van der Waals surface area contributed by atoms with E-state index in [1.165, 1.54) is 12.1 Å². The number of rotatable bonds is 5. The zero-order valence-corrected chi connectivity index (χ0v) is 16.8. The third kappa shape index (κ3) is 5.34. The lowest BCUT2D eigenvalue weighted by atomic mass is 10.1. The van der Waals surface area contributed by atoms with E-state index in [0.29, 0.717) is 49.6 Å². The molecule has 1 heterocycles. The molecule has 0 aromatic heterocycles. The van der Waals surface area contributed by atoms with Gasteiger partial charge in [-0.3, -0.25) is 9.59 Å². The number of halogens is 1. The number of carbonyl (C=O) groups excluding carboxylic acids is 3. The van der Waals surface area contributed by atoms with Crippen molar-refractivity contribution in [3.63, 3.8) is 0 Å². The van der Waals surface area contributed by atoms with Gasteiger partial charge in [0.2, 0.25) is 5.91 Å². The predicted molar refractivity (Wildman–Crippen MR) is 110 cm³/mol. The molecule has 1 N–H and O–H groups in total. The number of amides is 3. The number of anilines is 1. The van der Waals surface area contributed by atoms with Crippen molar-refractivity contribution in [1.82, 2.24) is 9.80 Å². The number of para-hydroxylation sites is 1. The van der Waals surface area contributed by atoms with Gasteiger partial charge >= 0.3 is 6.09 Å². The van der Waals surface area contributed by atoms with Crippen LogP contribution in [0.5, 0.6) is 0 Å². The number of carbonyl (C=O) groups is 3. The van der Waals surface area contributed by atoms with Crippen LogP contribution in [0.3, 0.4) is 0 Å². The van der Waals surface area contributed by atoms with Crippen LogP contribution in [0, 0.1) is 5.82 Å². The molecule has 1 saturated heterocycles. The molecule has 3 rings (SSSR count). The third-order valence-electron chi connectivity index (χ3n) is 4.80. The van der Waals surface area contributed by atoms with Crippen LogP contribution >= 0.6 is 0 Å². The summed E-state index contributed by atoms with van der Waals surface area (Å²) in [6, 6.07) is 12.5. The third-order valence-corrected chi connectivity index (χ3v) is 4.80. The molecule has 1 aliphatic heterocycles. The molecule has 1 aliphatic rings. The van der Waals surface area contributed by atoms with Gasteiger partial charge in [0.1, 0.15) is 5.82 Å². The number of benzene rings is 2. The van der Waals surface area contributed by atoms with Crippen LogP contribution in [0.25, 0.3) is 0 Å². The highest BCUT2D eigenvalue weighted by Gasteiger charge is 2.26. The molecule has 30 heavy (non-hydrogen) atoms. The van der Waals surface area contributed by atoms with Gasteiger partial charge in [0, 0.05) is 26.2 Å². The molecule has 0 atom stereocenters. The lowest BCUT2D eigenvalue weighted by molar-refractivity contribution is -0.115. The van der Waals surface area contributed by atoms with E-state index in [4.69, 9.17) is 4.74 Å². The number of nitrogens with one attached hydrogen (secondary N) is 1. The second-order valence-electron chi connectivity index (χ2n) is 6.88. The summed E-state index contributed by atoms with van der Waals surface area (Å²) in [7, 11) is 0. The Kier molecular flexibility index (Phi) is 7.00. The monoisotopic (exact) mass is 413 g/mol. The summed E-state index contributed by atoms with van der Waals surface area (Å²) in [6.07, 6.45) is -0.306. The van der Waals surface area contributed by atoms with Crippen LogP contribution < -0.4 is 5.32 Å². The number of nitrogens with zero attached hydrogens (tertiary/aromatic N) is 2. The Labute approximate surface area is 174 Å². The van der Waals surface area contributed by atoms with Crippen molar-refractivity contribution in [2.75, 3.05) is 38.1 Å². The molecule has 0 aliphatic carbocycles. The lowest BCUT2D eigenvalue weighted by Gasteiger charge is -2.34. The van der Waals surface area contributed by atoms with Gasteiger partial charge in [-0.05, 0) is 36.8 Å². The summed E-state index contributed by atoms with van der Waals surface area (Å²) in [5.41, 5.74) is 1.48. The first-order valence-corrected chi connectivity index (χ1v) is 9.82. The van der Waals surface area contributed by atoms with Gasteiger partial charge in [-0.2, -0.15) is 0 Å². The molecule has 2 aromatic carbocycles. The van der Waals surface area contributed by atoms with Gasteiger partial charge in [0.25, 0.3) is 5.91 Å². The maximum atomic E-state index is 13.0. The quantitative estimate of drug-likeness (QED) is 0.818. The molecule has 2 aromatic rings. The van der Waals surface area contributed by atoms with E-state index in [1.807, 2.05) is 0 Å². The van der Waals surface area contributed by atoms with E-state index in [1.54, 1.807) is 53.1 Å². The van der Waals surface area contributed by atoms with E-state index < -0.39 is 0 Å². The summed E-state index contributed by atoms with van der Waals surface area (Å²) in [5, 5.41) is 2.77.